The van der Waals surface area contributed by atoms with Gasteiger partial charge in [-0.1, -0.05) is 0 Å². The van der Waals surface area contributed by atoms with Crippen LogP contribution in [0.3, 0.4) is 0 Å². The smallest absolute Gasteiger partial charge is 0.222 e. The van der Waals surface area contributed by atoms with Gasteiger partial charge >= 0.3 is 0 Å². The molecule has 1 atom stereocenters. The molecule has 37 heavy (non-hydrogen) atoms. The van der Waals surface area contributed by atoms with Gasteiger partial charge in [0.05, 0.1) is 24.1 Å². The third-order valence-electron chi connectivity index (χ3n) is 7.43. The Morgan fingerprint density at radius 3 is 2.62 bits per heavy atom. The van der Waals surface area contributed by atoms with Gasteiger partial charge in [-0.2, -0.15) is 0 Å². The van der Waals surface area contributed by atoms with Crippen LogP contribution in [0.4, 0.5) is 5.82 Å². The van der Waals surface area contributed by atoms with Crippen molar-refractivity contribution in [2.24, 2.45) is 0 Å². The van der Waals surface area contributed by atoms with Crippen LogP contribution in [0, 0.1) is 6.92 Å². The Labute approximate surface area is 217 Å². The van der Waals surface area contributed by atoms with Crippen LogP contribution in [0.15, 0.2) is 30.6 Å². The average Bonchev–Trinajstić information content (AvgIpc) is 3.49. The number of rotatable bonds is 6. The monoisotopic (exact) mass is 527 g/mol. The van der Waals surface area contributed by atoms with Gasteiger partial charge in [0.2, 0.25) is 15.9 Å². The summed E-state index contributed by atoms with van der Waals surface area (Å²) in [6, 6.07) is 5.93. The third kappa shape index (κ3) is 5.00. The van der Waals surface area contributed by atoms with Crippen molar-refractivity contribution in [3.63, 3.8) is 0 Å². The number of fused-ring (bicyclic) bond motifs is 1. The number of methoxy groups -OCH3 is 1. The molecular weight excluding hydrogens is 494 g/mol. The number of nitrogens with zero attached hydrogens (tertiary/aromatic N) is 4. The fourth-order valence-electron chi connectivity index (χ4n) is 5.43. The summed E-state index contributed by atoms with van der Waals surface area (Å²) in [6.45, 7) is 5.52. The Bertz CT molecular complexity index is 1440. The molecule has 2 aliphatic rings. The zero-order valence-electron chi connectivity index (χ0n) is 21.7. The lowest BCUT2D eigenvalue weighted by Gasteiger charge is -2.30. The Balaban J connectivity index is 1.61. The van der Waals surface area contributed by atoms with Crippen molar-refractivity contribution < 1.29 is 22.7 Å². The summed E-state index contributed by atoms with van der Waals surface area (Å²) in [5, 5.41) is 3.74. The van der Waals surface area contributed by atoms with E-state index in [1.807, 2.05) is 29.7 Å². The van der Waals surface area contributed by atoms with E-state index in [2.05, 4.69) is 16.5 Å². The van der Waals surface area contributed by atoms with Gasteiger partial charge in [-0.3, -0.25) is 4.79 Å². The van der Waals surface area contributed by atoms with E-state index in [9.17, 15) is 13.2 Å². The maximum atomic E-state index is 12.0. The Morgan fingerprint density at radius 1 is 1.24 bits per heavy atom. The second-order valence-corrected chi connectivity index (χ2v) is 12.0. The molecule has 3 aromatic heterocycles. The van der Waals surface area contributed by atoms with Gasteiger partial charge in [0.15, 0.2) is 0 Å². The van der Waals surface area contributed by atoms with Crippen molar-refractivity contribution >= 4 is 32.7 Å². The van der Waals surface area contributed by atoms with Crippen molar-refractivity contribution in [1.82, 2.24) is 18.8 Å². The quantitative estimate of drug-likeness (QED) is 0.524. The molecule has 2 fully saturated rings. The molecule has 5 heterocycles. The summed E-state index contributed by atoms with van der Waals surface area (Å²) in [7, 11) is -1.52. The number of hydrogen-bond donors (Lipinski definition) is 1. The molecular formula is C26H33N5O5S. The fourth-order valence-corrected chi connectivity index (χ4v) is 6.30. The molecule has 1 N–H and O–H groups in total. The number of aryl methyl sites for hydroxylation is 1. The predicted molar refractivity (Wildman–Crippen MR) is 140 cm³/mol. The summed E-state index contributed by atoms with van der Waals surface area (Å²) in [5.74, 6) is 1.18. The van der Waals surface area contributed by atoms with Gasteiger partial charge in [0, 0.05) is 64.0 Å². The normalized spacial score (nSPS) is 21.5. The number of nitrogens with one attached hydrogen (secondary N) is 1. The summed E-state index contributed by atoms with van der Waals surface area (Å²) in [6.07, 6.45) is 7.29. The van der Waals surface area contributed by atoms with Crippen LogP contribution in [0.25, 0.3) is 16.7 Å². The maximum Gasteiger partial charge on any atom is 0.222 e. The summed E-state index contributed by atoms with van der Waals surface area (Å²) < 4.78 is 39.2. The average molecular weight is 528 g/mol. The molecule has 1 amide bonds. The van der Waals surface area contributed by atoms with Crippen molar-refractivity contribution in [3.05, 3.63) is 47.4 Å². The third-order valence-corrected chi connectivity index (χ3v) is 8.74. The lowest BCUT2D eigenvalue weighted by molar-refractivity contribution is -0.114. The van der Waals surface area contributed by atoms with E-state index in [0.717, 1.165) is 52.8 Å². The van der Waals surface area contributed by atoms with Gasteiger partial charge in [0.1, 0.15) is 17.2 Å². The van der Waals surface area contributed by atoms with Gasteiger partial charge < -0.3 is 19.4 Å². The number of aromatic nitrogens is 3. The second kappa shape index (κ2) is 9.79. The molecule has 0 aliphatic carbocycles. The topological polar surface area (TPSA) is 116 Å². The molecule has 10 nitrogen and oxygen atoms in total. The summed E-state index contributed by atoms with van der Waals surface area (Å²) in [5.41, 5.74) is 3.25. The summed E-state index contributed by atoms with van der Waals surface area (Å²) in [4.78, 5) is 21.2. The summed E-state index contributed by atoms with van der Waals surface area (Å²) >= 11 is 0. The minimum atomic E-state index is -3.21. The SMILES string of the molecule is CO[C@@]1(c2cc(C)cc(-n3cc(C4CCN(S(C)(=O)=O)CC4)c4cnc(NC(C)=O)cc43)n2)CCOC1. The van der Waals surface area contributed by atoms with Crippen LogP contribution < -0.4 is 5.32 Å². The predicted octanol–water partition coefficient (Wildman–Crippen LogP) is 3.09. The number of pyridine rings is 2. The number of sulfonamides is 1. The Hall–Kier alpha value is -2.86. The standard InChI is InChI=1S/C26H33N5O5S/c1-17-11-23(26(35-3)7-10-36-16-26)29-25(12-17)31-15-21(19-5-8-30(9-6-19)37(4,33)34)20-14-27-24(13-22(20)31)28-18(2)32/h11-15,19H,5-10,16H2,1-4H3,(H,27,28,32)/t26-/m0/s1. The van der Waals surface area contributed by atoms with E-state index in [0.29, 0.717) is 32.1 Å². The van der Waals surface area contributed by atoms with E-state index >= 15 is 0 Å². The van der Waals surface area contributed by atoms with Crippen LogP contribution in [-0.4, -0.2) is 72.8 Å². The number of carbonyl (C=O) groups excluding carboxylic acids is 1. The molecule has 198 valence electrons. The zero-order chi connectivity index (χ0) is 26.4. The van der Waals surface area contributed by atoms with Crippen molar-refractivity contribution in [3.8, 4) is 5.82 Å². The maximum absolute atomic E-state index is 12.0. The molecule has 5 rings (SSSR count). The van der Waals surface area contributed by atoms with Crippen molar-refractivity contribution in [2.45, 2.75) is 44.6 Å². The van der Waals surface area contributed by atoms with E-state index in [-0.39, 0.29) is 11.8 Å². The first kappa shape index (κ1) is 25.8. The molecule has 0 aromatic carbocycles. The van der Waals surface area contributed by atoms with Crippen LogP contribution in [0.1, 0.15) is 48.9 Å². The van der Waals surface area contributed by atoms with Gasteiger partial charge in [-0.25, -0.2) is 22.7 Å². The van der Waals surface area contributed by atoms with Gasteiger partial charge in [-0.15, -0.1) is 0 Å². The molecule has 0 spiro atoms. The number of anilines is 1. The first-order chi connectivity index (χ1) is 17.6. The number of hydrogen-bond acceptors (Lipinski definition) is 7. The van der Waals surface area contributed by atoms with Crippen LogP contribution in [0.2, 0.25) is 0 Å². The molecule has 0 bridgehead atoms. The molecule has 2 aliphatic heterocycles. The molecule has 0 unspecified atom stereocenters. The van der Waals surface area contributed by atoms with Gasteiger partial charge in [0.25, 0.3) is 0 Å². The largest absolute Gasteiger partial charge is 0.378 e. The number of amides is 1. The highest BCUT2D eigenvalue weighted by Crippen LogP contribution is 2.38. The van der Waals surface area contributed by atoms with E-state index in [1.54, 1.807) is 13.3 Å². The van der Waals surface area contributed by atoms with Crippen LogP contribution in [-0.2, 0) is 29.9 Å². The molecule has 0 radical (unpaired) electrons. The molecule has 11 heteroatoms. The Morgan fingerprint density at radius 2 is 2.00 bits per heavy atom. The van der Waals surface area contributed by atoms with Crippen LogP contribution >= 0.6 is 0 Å². The highest BCUT2D eigenvalue weighted by molar-refractivity contribution is 7.88. The van der Waals surface area contributed by atoms with E-state index in [4.69, 9.17) is 14.5 Å². The molecule has 2 saturated heterocycles. The van der Waals surface area contributed by atoms with Crippen molar-refractivity contribution in [2.75, 3.05) is 45.0 Å². The minimum Gasteiger partial charge on any atom is -0.378 e. The van der Waals surface area contributed by atoms with Gasteiger partial charge in [-0.05, 0) is 48.9 Å². The first-order valence-corrected chi connectivity index (χ1v) is 14.3. The Kier molecular flexibility index (Phi) is 6.82. The van der Waals surface area contributed by atoms with Crippen molar-refractivity contribution in [1.29, 1.82) is 0 Å². The molecule has 0 saturated carbocycles. The first-order valence-electron chi connectivity index (χ1n) is 12.5. The number of carbonyl (C=O) groups is 1. The highest BCUT2D eigenvalue weighted by atomic mass is 32.2. The fraction of sp³-hybridized carbons (Fsp3) is 0.500. The number of ether oxygens (including phenoxy) is 2. The van der Waals surface area contributed by atoms with E-state index in [1.165, 1.54) is 17.5 Å². The zero-order valence-corrected chi connectivity index (χ0v) is 22.5. The molecule has 3 aromatic rings. The minimum absolute atomic E-state index is 0.174. The number of piperidine rings is 1. The van der Waals surface area contributed by atoms with Crippen LogP contribution in [0.5, 0.6) is 0 Å². The highest BCUT2D eigenvalue weighted by Gasteiger charge is 2.39. The second-order valence-electron chi connectivity index (χ2n) is 10.0. The lowest BCUT2D eigenvalue weighted by atomic mass is 9.90. The van der Waals surface area contributed by atoms with E-state index < -0.39 is 15.6 Å². The lowest BCUT2D eigenvalue weighted by Crippen LogP contribution is -2.37.